The SMILES string of the molecule is CCCCN(C(CCC)NC(C)CC)C(C)(C)C. The molecule has 0 amide bonds. The van der Waals surface area contributed by atoms with Crippen LogP contribution in [0.1, 0.15) is 80.6 Å². The quantitative estimate of drug-likeness (QED) is 0.615. The van der Waals surface area contributed by atoms with Gasteiger partial charge in [0.25, 0.3) is 0 Å². The fourth-order valence-electron chi connectivity index (χ4n) is 2.34. The van der Waals surface area contributed by atoms with Gasteiger partial charge >= 0.3 is 0 Å². The van der Waals surface area contributed by atoms with E-state index in [1.807, 2.05) is 0 Å². The van der Waals surface area contributed by atoms with E-state index in [1.165, 1.54) is 38.6 Å². The summed E-state index contributed by atoms with van der Waals surface area (Å²) in [7, 11) is 0. The Bertz CT molecular complexity index is 196. The van der Waals surface area contributed by atoms with Crippen LogP contribution in [0.2, 0.25) is 0 Å². The van der Waals surface area contributed by atoms with Gasteiger partial charge in [-0.3, -0.25) is 10.2 Å². The topological polar surface area (TPSA) is 15.3 Å². The molecule has 0 aliphatic carbocycles. The highest BCUT2D eigenvalue weighted by molar-refractivity contribution is 4.83. The summed E-state index contributed by atoms with van der Waals surface area (Å²) in [5.41, 5.74) is 0.246. The van der Waals surface area contributed by atoms with Crippen molar-refractivity contribution in [2.45, 2.75) is 98.3 Å². The van der Waals surface area contributed by atoms with Crippen LogP contribution in [-0.4, -0.2) is 29.2 Å². The van der Waals surface area contributed by atoms with Crippen molar-refractivity contribution in [2.24, 2.45) is 0 Å². The van der Waals surface area contributed by atoms with E-state index in [2.05, 4.69) is 58.7 Å². The summed E-state index contributed by atoms with van der Waals surface area (Å²) in [5.74, 6) is 0. The van der Waals surface area contributed by atoms with Gasteiger partial charge < -0.3 is 0 Å². The molecule has 0 spiro atoms. The van der Waals surface area contributed by atoms with E-state index in [9.17, 15) is 0 Å². The summed E-state index contributed by atoms with van der Waals surface area (Å²) >= 11 is 0. The van der Waals surface area contributed by atoms with Crippen LogP contribution in [-0.2, 0) is 0 Å². The van der Waals surface area contributed by atoms with Crippen LogP contribution < -0.4 is 5.32 Å². The van der Waals surface area contributed by atoms with E-state index in [-0.39, 0.29) is 5.54 Å². The first-order valence-corrected chi connectivity index (χ1v) is 7.89. The molecule has 2 nitrogen and oxygen atoms in total. The van der Waals surface area contributed by atoms with Crippen LogP contribution in [0.25, 0.3) is 0 Å². The molecule has 0 aromatic carbocycles. The van der Waals surface area contributed by atoms with Crippen molar-refractivity contribution in [2.75, 3.05) is 6.54 Å². The maximum Gasteiger partial charge on any atom is 0.0603 e. The van der Waals surface area contributed by atoms with Gasteiger partial charge in [-0.1, -0.05) is 33.6 Å². The van der Waals surface area contributed by atoms with Crippen LogP contribution >= 0.6 is 0 Å². The molecule has 0 fully saturated rings. The Kier molecular flexibility index (Phi) is 8.89. The second kappa shape index (κ2) is 8.92. The number of unbranched alkanes of at least 4 members (excludes halogenated alkanes) is 1. The first-order chi connectivity index (χ1) is 8.36. The second-order valence-corrected chi connectivity index (χ2v) is 6.50. The fourth-order valence-corrected chi connectivity index (χ4v) is 2.34. The van der Waals surface area contributed by atoms with Crippen molar-refractivity contribution < 1.29 is 0 Å². The molecule has 0 radical (unpaired) electrons. The highest BCUT2D eigenvalue weighted by Gasteiger charge is 2.28. The third kappa shape index (κ3) is 6.75. The monoisotopic (exact) mass is 256 g/mol. The van der Waals surface area contributed by atoms with Crippen LogP contribution in [0.3, 0.4) is 0 Å². The molecule has 0 aromatic heterocycles. The highest BCUT2D eigenvalue weighted by Crippen LogP contribution is 2.20. The Morgan fingerprint density at radius 2 is 1.67 bits per heavy atom. The number of nitrogens with one attached hydrogen (secondary N) is 1. The van der Waals surface area contributed by atoms with Gasteiger partial charge in [-0.25, -0.2) is 0 Å². The Morgan fingerprint density at radius 3 is 2.06 bits per heavy atom. The van der Waals surface area contributed by atoms with E-state index in [4.69, 9.17) is 0 Å². The Balaban J connectivity index is 4.73. The van der Waals surface area contributed by atoms with Gasteiger partial charge in [-0.05, 0) is 47.0 Å². The molecule has 0 aliphatic heterocycles. The van der Waals surface area contributed by atoms with Crippen LogP contribution in [0.15, 0.2) is 0 Å². The molecule has 0 saturated heterocycles. The Labute approximate surface area is 116 Å². The lowest BCUT2D eigenvalue weighted by Gasteiger charge is -2.43. The zero-order chi connectivity index (χ0) is 14.2. The van der Waals surface area contributed by atoms with Gasteiger partial charge in [0.05, 0.1) is 6.17 Å². The first kappa shape index (κ1) is 17.9. The van der Waals surface area contributed by atoms with E-state index >= 15 is 0 Å². The molecule has 2 atom stereocenters. The van der Waals surface area contributed by atoms with Gasteiger partial charge in [0, 0.05) is 18.1 Å². The van der Waals surface area contributed by atoms with Gasteiger partial charge in [-0.15, -0.1) is 0 Å². The van der Waals surface area contributed by atoms with Crippen molar-refractivity contribution >= 4 is 0 Å². The maximum absolute atomic E-state index is 3.81. The van der Waals surface area contributed by atoms with Crippen molar-refractivity contribution in [1.82, 2.24) is 10.2 Å². The maximum atomic E-state index is 3.81. The standard InChI is InChI=1S/C16H36N2/c1-8-11-13-18(16(5,6)7)15(12-9-2)17-14(4)10-3/h14-15,17H,8-13H2,1-7H3. The van der Waals surface area contributed by atoms with Crippen molar-refractivity contribution in [1.29, 1.82) is 0 Å². The zero-order valence-corrected chi connectivity index (χ0v) is 13.8. The molecular weight excluding hydrogens is 220 g/mol. The fraction of sp³-hybridized carbons (Fsp3) is 1.00. The summed E-state index contributed by atoms with van der Waals surface area (Å²) in [6.07, 6.45) is 6.77. The van der Waals surface area contributed by atoms with E-state index in [0.29, 0.717) is 12.2 Å². The van der Waals surface area contributed by atoms with Gasteiger partial charge in [0.2, 0.25) is 0 Å². The zero-order valence-electron chi connectivity index (χ0n) is 13.8. The molecule has 0 heterocycles. The summed E-state index contributed by atoms with van der Waals surface area (Å²) in [6, 6.07) is 0.605. The molecule has 0 bridgehead atoms. The van der Waals surface area contributed by atoms with Crippen molar-refractivity contribution in [3.05, 3.63) is 0 Å². The number of hydrogen-bond acceptors (Lipinski definition) is 2. The molecule has 0 aliphatic rings. The summed E-state index contributed by atoms with van der Waals surface area (Å²) in [5, 5.41) is 3.81. The molecule has 1 N–H and O–H groups in total. The number of rotatable bonds is 9. The lowest BCUT2D eigenvalue weighted by Crippen LogP contribution is -2.56. The average Bonchev–Trinajstić information content (AvgIpc) is 2.27. The summed E-state index contributed by atoms with van der Waals surface area (Å²) in [6.45, 7) is 17.3. The van der Waals surface area contributed by atoms with Crippen molar-refractivity contribution in [3.8, 4) is 0 Å². The molecular formula is C16H36N2. The van der Waals surface area contributed by atoms with E-state index < -0.39 is 0 Å². The van der Waals surface area contributed by atoms with Crippen LogP contribution in [0.5, 0.6) is 0 Å². The largest absolute Gasteiger partial charge is 0.299 e. The predicted molar refractivity (Wildman–Crippen MR) is 83.0 cm³/mol. The first-order valence-electron chi connectivity index (χ1n) is 7.89. The minimum atomic E-state index is 0.246. The lowest BCUT2D eigenvalue weighted by molar-refractivity contribution is 0.0496. The minimum absolute atomic E-state index is 0.246. The lowest BCUT2D eigenvalue weighted by atomic mass is 10.0. The summed E-state index contributed by atoms with van der Waals surface area (Å²) in [4.78, 5) is 2.66. The molecule has 0 aromatic rings. The molecule has 18 heavy (non-hydrogen) atoms. The smallest absolute Gasteiger partial charge is 0.0603 e. The van der Waals surface area contributed by atoms with Crippen LogP contribution in [0, 0.1) is 0 Å². The number of hydrogen-bond donors (Lipinski definition) is 1. The molecule has 2 unspecified atom stereocenters. The van der Waals surface area contributed by atoms with Gasteiger partial charge in [0.1, 0.15) is 0 Å². The van der Waals surface area contributed by atoms with Crippen LogP contribution in [0.4, 0.5) is 0 Å². The minimum Gasteiger partial charge on any atom is -0.299 e. The Hall–Kier alpha value is -0.0800. The molecule has 2 heteroatoms. The average molecular weight is 256 g/mol. The Morgan fingerprint density at radius 1 is 1.06 bits per heavy atom. The number of nitrogens with zero attached hydrogens (tertiary/aromatic N) is 1. The molecule has 0 saturated carbocycles. The highest BCUT2D eigenvalue weighted by atomic mass is 15.3. The van der Waals surface area contributed by atoms with Crippen molar-refractivity contribution in [3.63, 3.8) is 0 Å². The third-order valence-electron chi connectivity index (χ3n) is 3.64. The normalized spacial score (nSPS) is 16.0. The molecule has 110 valence electrons. The van der Waals surface area contributed by atoms with E-state index in [1.54, 1.807) is 0 Å². The third-order valence-corrected chi connectivity index (χ3v) is 3.64. The summed E-state index contributed by atoms with van der Waals surface area (Å²) < 4.78 is 0. The van der Waals surface area contributed by atoms with Gasteiger partial charge in [-0.2, -0.15) is 0 Å². The van der Waals surface area contributed by atoms with E-state index in [0.717, 1.165) is 0 Å². The predicted octanol–water partition coefficient (Wildman–Crippen LogP) is 4.40. The second-order valence-electron chi connectivity index (χ2n) is 6.50. The van der Waals surface area contributed by atoms with Gasteiger partial charge in [0.15, 0.2) is 0 Å². The molecule has 0 rings (SSSR count).